The molecule has 1 saturated carbocycles. The summed E-state index contributed by atoms with van der Waals surface area (Å²) in [5, 5.41) is 1.94. The summed E-state index contributed by atoms with van der Waals surface area (Å²) >= 11 is 4.92. The zero-order valence-corrected chi connectivity index (χ0v) is 13.5. The van der Waals surface area contributed by atoms with Gasteiger partial charge in [0.05, 0.1) is 0 Å². The Morgan fingerprint density at radius 2 is 2.11 bits per heavy atom. The molecule has 0 spiro atoms. The Morgan fingerprint density at radius 3 is 2.50 bits per heavy atom. The van der Waals surface area contributed by atoms with Gasteiger partial charge in [-0.05, 0) is 60.7 Å². The third kappa shape index (κ3) is 2.49. The Morgan fingerprint density at radius 1 is 1.44 bits per heavy atom. The number of rotatable bonds is 4. The molecule has 1 amide bonds. The van der Waals surface area contributed by atoms with Crippen LogP contribution in [0.25, 0.3) is 0 Å². The Kier molecular flexibility index (Phi) is 4.14. The van der Waals surface area contributed by atoms with Gasteiger partial charge in [0.15, 0.2) is 0 Å². The maximum Gasteiger partial charge on any atom is 0.264 e. The van der Waals surface area contributed by atoms with E-state index in [1.54, 1.807) is 0 Å². The van der Waals surface area contributed by atoms with Crippen molar-refractivity contribution in [2.75, 3.05) is 27.7 Å². The third-order valence-electron chi connectivity index (χ3n) is 3.92. The predicted octanol–water partition coefficient (Wildman–Crippen LogP) is 3.07. The number of hydrogen-bond acceptors (Lipinski definition) is 3. The number of likely N-dealkylation sites (N-methyl/N-ethyl adjacent to an activating group) is 2. The summed E-state index contributed by atoms with van der Waals surface area (Å²) in [5.74, 6) is 0.116. The lowest BCUT2D eigenvalue weighted by atomic mass is 9.75. The highest BCUT2D eigenvalue weighted by Crippen LogP contribution is 2.37. The predicted molar refractivity (Wildman–Crippen MR) is 79.2 cm³/mol. The Balaban J connectivity index is 2.06. The van der Waals surface area contributed by atoms with E-state index in [9.17, 15) is 4.79 Å². The summed E-state index contributed by atoms with van der Waals surface area (Å²) in [6.07, 6.45) is 3.63. The number of thiophene rings is 1. The normalized spacial score (nSPS) is 17.6. The molecule has 0 aromatic carbocycles. The maximum absolute atomic E-state index is 12.4. The molecule has 0 atom stereocenters. The molecule has 0 unspecified atom stereocenters. The molecule has 0 saturated heterocycles. The number of nitrogens with zero attached hydrogens (tertiary/aromatic N) is 2. The summed E-state index contributed by atoms with van der Waals surface area (Å²) in [6, 6.07) is 1.93. The van der Waals surface area contributed by atoms with Crippen LogP contribution in [0.1, 0.15) is 28.9 Å². The number of carbonyl (C=O) groups excluding carboxylic acids is 1. The van der Waals surface area contributed by atoms with Crippen LogP contribution in [-0.2, 0) is 0 Å². The van der Waals surface area contributed by atoms with E-state index in [2.05, 4.69) is 34.9 Å². The molecule has 0 aliphatic heterocycles. The molecule has 100 valence electrons. The van der Waals surface area contributed by atoms with Crippen LogP contribution in [0.15, 0.2) is 15.9 Å². The number of amides is 1. The van der Waals surface area contributed by atoms with Crippen LogP contribution in [0.5, 0.6) is 0 Å². The van der Waals surface area contributed by atoms with Gasteiger partial charge >= 0.3 is 0 Å². The zero-order chi connectivity index (χ0) is 13.3. The first-order chi connectivity index (χ1) is 8.46. The average molecular weight is 331 g/mol. The lowest BCUT2D eigenvalue weighted by Crippen LogP contribution is -2.57. The Hall–Kier alpha value is -0.390. The van der Waals surface area contributed by atoms with Crippen molar-refractivity contribution >= 4 is 33.2 Å². The summed E-state index contributed by atoms with van der Waals surface area (Å²) in [6.45, 7) is 0.809. The van der Waals surface area contributed by atoms with Gasteiger partial charge in [-0.15, -0.1) is 11.3 Å². The zero-order valence-electron chi connectivity index (χ0n) is 11.1. The van der Waals surface area contributed by atoms with Crippen LogP contribution in [0, 0.1) is 0 Å². The van der Waals surface area contributed by atoms with Gasteiger partial charge in [0.25, 0.3) is 5.91 Å². The van der Waals surface area contributed by atoms with Crippen molar-refractivity contribution < 1.29 is 4.79 Å². The third-order valence-corrected chi connectivity index (χ3v) is 5.75. The first-order valence-electron chi connectivity index (χ1n) is 6.12. The Bertz CT molecular complexity index is 440. The highest BCUT2D eigenvalue weighted by molar-refractivity contribution is 9.10. The van der Waals surface area contributed by atoms with Gasteiger partial charge in [-0.1, -0.05) is 0 Å². The second kappa shape index (κ2) is 5.31. The number of carbonyl (C=O) groups is 1. The first-order valence-corrected chi connectivity index (χ1v) is 7.79. The monoisotopic (exact) mass is 330 g/mol. The minimum atomic E-state index is 0.116. The SMILES string of the molecule is CN(CC1(N(C)C)CCC1)C(=O)c1sccc1Br. The van der Waals surface area contributed by atoms with Crippen molar-refractivity contribution in [3.63, 3.8) is 0 Å². The van der Waals surface area contributed by atoms with E-state index in [1.807, 2.05) is 23.4 Å². The van der Waals surface area contributed by atoms with E-state index in [1.165, 1.54) is 30.6 Å². The van der Waals surface area contributed by atoms with Crippen molar-refractivity contribution in [2.24, 2.45) is 0 Å². The summed E-state index contributed by atoms with van der Waals surface area (Å²) in [7, 11) is 6.12. The summed E-state index contributed by atoms with van der Waals surface area (Å²) in [4.78, 5) is 17.3. The first kappa shape index (κ1) is 14.0. The molecule has 1 aromatic rings. The minimum Gasteiger partial charge on any atom is -0.339 e. The van der Waals surface area contributed by atoms with Crippen LogP contribution in [0.3, 0.4) is 0 Å². The highest BCUT2D eigenvalue weighted by atomic mass is 79.9. The van der Waals surface area contributed by atoms with Gasteiger partial charge in [-0.2, -0.15) is 0 Å². The molecule has 0 radical (unpaired) electrons. The van der Waals surface area contributed by atoms with Crippen molar-refractivity contribution in [1.29, 1.82) is 0 Å². The topological polar surface area (TPSA) is 23.6 Å². The molecule has 0 bridgehead atoms. The molecule has 0 N–H and O–H groups in total. The highest BCUT2D eigenvalue weighted by Gasteiger charge is 2.40. The van der Waals surface area contributed by atoms with Gasteiger partial charge < -0.3 is 9.80 Å². The van der Waals surface area contributed by atoms with Gasteiger partial charge in [-0.3, -0.25) is 4.79 Å². The summed E-state index contributed by atoms with van der Waals surface area (Å²) in [5.41, 5.74) is 0.189. The van der Waals surface area contributed by atoms with Crippen molar-refractivity contribution in [2.45, 2.75) is 24.8 Å². The van der Waals surface area contributed by atoms with Crippen LogP contribution in [0.2, 0.25) is 0 Å². The van der Waals surface area contributed by atoms with E-state index in [-0.39, 0.29) is 11.4 Å². The number of halogens is 1. The molecule has 18 heavy (non-hydrogen) atoms. The molecule has 3 nitrogen and oxygen atoms in total. The van der Waals surface area contributed by atoms with Crippen LogP contribution in [0.4, 0.5) is 0 Å². The average Bonchev–Trinajstić information content (AvgIpc) is 2.67. The van der Waals surface area contributed by atoms with E-state index < -0.39 is 0 Å². The molecule has 2 rings (SSSR count). The number of hydrogen-bond donors (Lipinski definition) is 0. The van der Waals surface area contributed by atoms with E-state index in [0.29, 0.717) is 0 Å². The van der Waals surface area contributed by atoms with Gasteiger partial charge in [-0.25, -0.2) is 0 Å². The van der Waals surface area contributed by atoms with E-state index in [0.717, 1.165) is 15.9 Å². The fourth-order valence-corrected chi connectivity index (χ4v) is 4.00. The van der Waals surface area contributed by atoms with Gasteiger partial charge in [0, 0.05) is 23.6 Å². The second-order valence-corrected chi connectivity index (χ2v) is 7.00. The van der Waals surface area contributed by atoms with Gasteiger partial charge in [0.1, 0.15) is 4.88 Å². The smallest absolute Gasteiger partial charge is 0.264 e. The lowest BCUT2D eigenvalue weighted by Gasteiger charge is -2.49. The fraction of sp³-hybridized carbons (Fsp3) is 0.615. The summed E-state index contributed by atoms with van der Waals surface area (Å²) < 4.78 is 0.900. The van der Waals surface area contributed by atoms with Crippen molar-refractivity contribution in [3.05, 3.63) is 20.8 Å². The molecule has 1 aliphatic carbocycles. The molecular formula is C13H19BrN2OS. The lowest BCUT2D eigenvalue weighted by molar-refractivity contribution is 0.0254. The molecule has 5 heteroatoms. The molecule has 1 fully saturated rings. The molecule has 1 aromatic heterocycles. The molecule has 1 heterocycles. The van der Waals surface area contributed by atoms with Crippen molar-refractivity contribution in [1.82, 2.24) is 9.80 Å². The standard InChI is InChI=1S/C13H19BrN2OS/c1-15(2)13(6-4-7-13)9-16(3)12(17)11-10(14)5-8-18-11/h5,8H,4,6-7,9H2,1-3H3. The van der Waals surface area contributed by atoms with Crippen LogP contribution in [-0.4, -0.2) is 48.9 Å². The second-order valence-electron chi connectivity index (χ2n) is 5.23. The minimum absolute atomic E-state index is 0.116. The van der Waals surface area contributed by atoms with E-state index in [4.69, 9.17) is 0 Å². The fourth-order valence-electron chi connectivity index (χ4n) is 2.46. The Labute approximate surface area is 121 Å². The molecular weight excluding hydrogens is 312 g/mol. The van der Waals surface area contributed by atoms with Crippen molar-refractivity contribution in [3.8, 4) is 0 Å². The maximum atomic E-state index is 12.4. The van der Waals surface area contributed by atoms with E-state index >= 15 is 0 Å². The largest absolute Gasteiger partial charge is 0.339 e. The van der Waals surface area contributed by atoms with Gasteiger partial charge in [0.2, 0.25) is 0 Å². The van der Waals surface area contributed by atoms with Crippen LogP contribution >= 0.6 is 27.3 Å². The molecule has 1 aliphatic rings. The quantitative estimate of drug-likeness (QED) is 0.847. The van der Waals surface area contributed by atoms with Crippen LogP contribution < -0.4 is 0 Å².